The number of amides is 1. The molecule has 0 spiro atoms. The molecule has 1 N–H and O–H groups in total. The predicted octanol–water partition coefficient (Wildman–Crippen LogP) is 4.19. The van der Waals surface area contributed by atoms with Crippen molar-refractivity contribution in [3.05, 3.63) is 29.8 Å². The maximum Gasteiger partial charge on any atom is 0.227 e. The number of benzene rings is 1. The van der Waals surface area contributed by atoms with E-state index in [-0.39, 0.29) is 11.8 Å². The number of hydrogen-bond acceptors (Lipinski definition) is 2. The molecule has 1 aromatic carbocycles. The number of anilines is 1. The van der Waals surface area contributed by atoms with Gasteiger partial charge in [-0.3, -0.25) is 9.69 Å². The Balaban J connectivity index is 1.63. The van der Waals surface area contributed by atoms with Crippen molar-refractivity contribution in [1.82, 2.24) is 4.90 Å². The van der Waals surface area contributed by atoms with Crippen LogP contribution in [0.3, 0.4) is 0 Å². The molecule has 0 unspecified atom stereocenters. The SMILES string of the molecule is CN(Cc1ccccc1NC(=O)C1CCC1)C1CCCCC1. The zero-order valence-corrected chi connectivity index (χ0v) is 13.7. The molecule has 0 radical (unpaired) electrons. The number of nitrogens with zero attached hydrogens (tertiary/aromatic N) is 1. The largest absolute Gasteiger partial charge is 0.326 e. The Morgan fingerprint density at radius 3 is 2.50 bits per heavy atom. The van der Waals surface area contributed by atoms with Crippen LogP contribution in [0.4, 0.5) is 5.69 Å². The van der Waals surface area contributed by atoms with E-state index in [1.54, 1.807) is 0 Å². The van der Waals surface area contributed by atoms with Crippen molar-refractivity contribution in [3.63, 3.8) is 0 Å². The summed E-state index contributed by atoms with van der Waals surface area (Å²) in [5.74, 6) is 0.447. The topological polar surface area (TPSA) is 32.3 Å². The van der Waals surface area contributed by atoms with E-state index in [2.05, 4.69) is 29.4 Å². The minimum atomic E-state index is 0.207. The molecule has 3 rings (SSSR count). The van der Waals surface area contributed by atoms with E-state index >= 15 is 0 Å². The first-order valence-corrected chi connectivity index (χ1v) is 8.83. The molecule has 2 fully saturated rings. The Kier molecular flexibility index (Phi) is 5.14. The maximum absolute atomic E-state index is 12.2. The van der Waals surface area contributed by atoms with Gasteiger partial charge in [0.05, 0.1) is 0 Å². The quantitative estimate of drug-likeness (QED) is 0.884. The van der Waals surface area contributed by atoms with Gasteiger partial charge < -0.3 is 5.32 Å². The molecule has 1 aromatic rings. The molecular formula is C19H28N2O. The third-order valence-corrected chi connectivity index (χ3v) is 5.37. The van der Waals surface area contributed by atoms with Crippen LogP contribution < -0.4 is 5.32 Å². The Bertz CT molecular complexity index is 504. The molecule has 0 aliphatic heterocycles. The first-order valence-electron chi connectivity index (χ1n) is 8.83. The van der Waals surface area contributed by atoms with Gasteiger partial charge in [-0.05, 0) is 44.4 Å². The smallest absolute Gasteiger partial charge is 0.227 e. The van der Waals surface area contributed by atoms with Crippen molar-refractivity contribution in [3.8, 4) is 0 Å². The van der Waals surface area contributed by atoms with Gasteiger partial charge in [0.25, 0.3) is 0 Å². The molecule has 0 atom stereocenters. The van der Waals surface area contributed by atoms with Gasteiger partial charge in [0.15, 0.2) is 0 Å². The Hall–Kier alpha value is -1.35. The highest BCUT2D eigenvalue weighted by Crippen LogP contribution is 2.29. The summed E-state index contributed by atoms with van der Waals surface area (Å²) < 4.78 is 0. The monoisotopic (exact) mass is 300 g/mol. The van der Waals surface area contributed by atoms with Crippen molar-refractivity contribution < 1.29 is 4.79 Å². The normalized spacial score (nSPS) is 19.9. The lowest BCUT2D eigenvalue weighted by Gasteiger charge is -2.32. The molecule has 2 aliphatic carbocycles. The lowest BCUT2D eigenvalue weighted by atomic mass is 9.85. The van der Waals surface area contributed by atoms with Crippen LogP contribution in [0.25, 0.3) is 0 Å². The minimum Gasteiger partial charge on any atom is -0.326 e. The van der Waals surface area contributed by atoms with Gasteiger partial charge in [-0.15, -0.1) is 0 Å². The maximum atomic E-state index is 12.2. The fraction of sp³-hybridized carbons (Fsp3) is 0.632. The highest BCUT2D eigenvalue weighted by atomic mass is 16.1. The van der Waals surface area contributed by atoms with Crippen molar-refractivity contribution in [2.75, 3.05) is 12.4 Å². The molecule has 3 nitrogen and oxygen atoms in total. The van der Waals surface area contributed by atoms with Crippen LogP contribution in [-0.2, 0) is 11.3 Å². The predicted molar refractivity (Wildman–Crippen MR) is 90.8 cm³/mol. The lowest BCUT2D eigenvalue weighted by molar-refractivity contribution is -0.122. The van der Waals surface area contributed by atoms with Gasteiger partial charge in [-0.25, -0.2) is 0 Å². The molecule has 0 heterocycles. The van der Waals surface area contributed by atoms with Crippen LogP contribution in [-0.4, -0.2) is 23.9 Å². The molecule has 120 valence electrons. The Morgan fingerprint density at radius 1 is 1.09 bits per heavy atom. The van der Waals surface area contributed by atoms with E-state index in [9.17, 15) is 4.79 Å². The van der Waals surface area contributed by atoms with E-state index in [0.29, 0.717) is 6.04 Å². The summed E-state index contributed by atoms with van der Waals surface area (Å²) in [4.78, 5) is 14.7. The summed E-state index contributed by atoms with van der Waals surface area (Å²) >= 11 is 0. The first kappa shape index (κ1) is 15.5. The highest BCUT2D eigenvalue weighted by Gasteiger charge is 2.26. The van der Waals surface area contributed by atoms with Gasteiger partial charge >= 0.3 is 0 Å². The summed E-state index contributed by atoms with van der Waals surface area (Å²) in [5, 5.41) is 3.16. The standard InChI is InChI=1S/C19H28N2O/c1-21(17-11-3-2-4-12-17)14-16-8-5-6-13-18(16)20-19(22)15-9-7-10-15/h5-6,8,13,15,17H,2-4,7,9-12,14H2,1H3,(H,20,22). The second kappa shape index (κ2) is 7.28. The molecule has 1 amide bonds. The highest BCUT2D eigenvalue weighted by molar-refractivity contribution is 5.93. The second-order valence-corrected chi connectivity index (χ2v) is 6.98. The van der Waals surface area contributed by atoms with Gasteiger partial charge in [0, 0.05) is 24.2 Å². The zero-order chi connectivity index (χ0) is 15.4. The first-order chi connectivity index (χ1) is 10.7. The molecular weight excluding hydrogens is 272 g/mol. The van der Waals surface area contributed by atoms with E-state index < -0.39 is 0 Å². The van der Waals surface area contributed by atoms with Gasteiger partial charge in [-0.1, -0.05) is 43.9 Å². The number of nitrogens with one attached hydrogen (secondary N) is 1. The Morgan fingerprint density at radius 2 is 1.82 bits per heavy atom. The van der Waals surface area contributed by atoms with Crippen LogP contribution in [0, 0.1) is 5.92 Å². The molecule has 3 heteroatoms. The van der Waals surface area contributed by atoms with Crippen LogP contribution in [0.2, 0.25) is 0 Å². The number of para-hydroxylation sites is 1. The van der Waals surface area contributed by atoms with Crippen molar-refractivity contribution >= 4 is 11.6 Å². The zero-order valence-electron chi connectivity index (χ0n) is 13.7. The van der Waals surface area contributed by atoms with Crippen molar-refractivity contribution in [2.45, 2.75) is 64.0 Å². The van der Waals surface area contributed by atoms with Crippen LogP contribution in [0.1, 0.15) is 56.9 Å². The second-order valence-electron chi connectivity index (χ2n) is 6.98. The third-order valence-electron chi connectivity index (χ3n) is 5.37. The summed E-state index contributed by atoms with van der Waals surface area (Å²) in [6, 6.07) is 8.98. The van der Waals surface area contributed by atoms with E-state index in [1.165, 1.54) is 44.1 Å². The number of carbonyl (C=O) groups is 1. The molecule has 0 aromatic heterocycles. The van der Waals surface area contributed by atoms with Crippen molar-refractivity contribution in [1.29, 1.82) is 0 Å². The fourth-order valence-corrected chi connectivity index (χ4v) is 3.60. The molecule has 0 saturated heterocycles. The third kappa shape index (κ3) is 3.70. The number of carbonyl (C=O) groups excluding carboxylic acids is 1. The van der Waals surface area contributed by atoms with Crippen molar-refractivity contribution in [2.24, 2.45) is 5.92 Å². The fourth-order valence-electron chi connectivity index (χ4n) is 3.60. The van der Waals surface area contributed by atoms with Gasteiger partial charge in [-0.2, -0.15) is 0 Å². The minimum absolute atomic E-state index is 0.207. The number of hydrogen-bond donors (Lipinski definition) is 1. The average molecular weight is 300 g/mol. The van der Waals surface area contributed by atoms with E-state index in [0.717, 1.165) is 25.1 Å². The summed E-state index contributed by atoms with van der Waals surface area (Å²) in [7, 11) is 2.22. The molecule has 22 heavy (non-hydrogen) atoms. The molecule has 2 saturated carbocycles. The lowest BCUT2D eigenvalue weighted by Crippen LogP contribution is -2.33. The average Bonchev–Trinajstić information content (AvgIpc) is 2.48. The summed E-state index contributed by atoms with van der Waals surface area (Å²) in [6.07, 6.45) is 10.0. The van der Waals surface area contributed by atoms with Gasteiger partial charge in [0.1, 0.15) is 0 Å². The van der Waals surface area contributed by atoms with E-state index in [4.69, 9.17) is 0 Å². The summed E-state index contributed by atoms with van der Waals surface area (Å²) in [6.45, 7) is 0.922. The molecule has 0 bridgehead atoms. The van der Waals surface area contributed by atoms with E-state index in [1.807, 2.05) is 12.1 Å². The van der Waals surface area contributed by atoms with Crippen LogP contribution >= 0.6 is 0 Å². The van der Waals surface area contributed by atoms with Gasteiger partial charge in [0.2, 0.25) is 5.91 Å². The molecule has 2 aliphatic rings. The van der Waals surface area contributed by atoms with Crippen LogP contribution in [0.15, 0.2) is 24.3 Å². The summed E-state index contributed by atoms with van der Waals surface area (Å²) in [5.41, 5.74) is 2.24. The number of rotatable bonds is 5. The Labute approximate surface area is 134 Å². The van der Waals surface area contributed by atoms with Crippen LogP contribution in [0.5, 0.6) is 0 Å².